The van der Waals surface area contributed by atoms with Crippen LogP contribution in [0.25, 0.3) is 106 Å². The quantitative estimate of drug-likeness (QED) is 0.154. The Morgan fingerprint density at radius 2 is 0.787 bits per heavy atom. The normalized spacial score (nSPS) is 14.0. The first-order valence-electron chi connectivity index (χ1n) is 25.6. The zero-order valence-electron chi connectivity index (χ0n) is 44.3. The lowest BCUT2D eigenvalue weighted by atomic mass is 9.97. The third-order valence-electron chi connectivity index (χ3n) is 10.6. The van der Waals surface area contributed by atoms with Crippen molar-refractivity contribution in [2.75, 3.05) is 0 Å². The van der Waals surface area contributed by atoms with E-state index in [1.165, 1.54) is 4.57 Å². The van der Waals surface area contributed by atoms with Crippen LogP contribution >= 0.6 is 0 Å². The van der Waals surface area contributed by atoms with Crippen LogP contribution in [0.5, 0.6) is 0 Å². The Hall–Kier alpha value is -8.21. The molecule has 0 aliphatic heterocycles. The van der Waals surface area contributed by atoms with Gasteiger partial charge in [0.05, 0.1) is 33.2 Å². The van der Waals surface area contributed by atoms with Crippen molar-refractivity contribution in [3.63, 3.8) is 0 Å². The number of benzene rings is 9. The number of rotatable bonds is 8. The molecule has 4 nitrogen and oxygen atoms in total. The Morgan fingerprint density at radius 3 is 1.38 bits per heavy atom. The van der Waals surface area contributed by atoms with Crippen LogP contribution < -0.4 is 0 Å². The molecule has 2 aromatic heterocycles. The SMILES string of the molecule is [2H]c1c([2H])c([2H])c(-c2c([2H])c([2H])c3c(c2[2H])c2c([2H])c([2H])c([2H])c([2H])c2n3-c2cc(-c3ccc(-c4ccc(-c5ccccc5)cc4)cc3)ccc2-c2nc(-c3ccccc3)nc(-c3ccccc3)n2)c([2H])c1[2H]. The number of aromatic nitrogens is 4. The predicted molar refractivity (Wildman–Crippen MR) is 252 cm³/mol. The van der Waals surface area contributed by atoms with Crippen LogP contribution in [0.4, 0.5) is 0 Å². The first-order chi connectivity index (χ1) is 35.2. The molecule has 0 fully saturated rings. The molecule has 61 heavy (non-hydrogen) atoms. The second-order valence-electron chi connectivity index (χ2n) is 14.3. The van der Waals surface area contributed by atoms with Crippen LogP contribution in [0.2, 0.25) is 0 Å². The molecule has 286 valence electrons. The minimum atomic E-state index is -0.705. The lowest BCUT2D eigenvalue weighted by Gasteiger charge is -2.17. The van der Waals surface area contributed by atoms with Crippen molar-refractivity contribution < 1.29 is 16.4 Å². The second kappa shape index (κ2) is 15.5. The number of hydrogen-bond acceptors (Lipinski definition) is 3. The fourth-order valence-corrected chi connectivity index (χ4v) is 7.61. The van der Waals surface area contributed by atoms with Gasteiger partial charge >= 0.3 is 0 Å². The van der Waals surface area contributed by atoms with Crippen LogP contribution in [0.3, 0.4) is 0 Å². The standard InChI is InChI=1S/C57H38N4/c1-5-15-39(16-6-1)41-25-27-42(28-26-41)43-29-31-44(32-30-43)48-33-35-50(57-59-55(45-19-9-3-10-20-45)58-56(60-57)46-21-11-4-12-22-46)54(38-48)61-52-24-14-13-23-49(52)51-37-47(34-36-53(51)61)40-17-7-2-8-18-40/h1-38H/i2D,7D,8D,13D,14D,17D,18D,23D,24D,34D,36D,37D. The fraction of sp³-hybridized carbons (Fsp3) is 0. The number of nitrogens with zero attached hydrogens (tertiary/aromatic N) is 4. The summed E-state index contributed by atoms with van der Waals surface area (Å²) < 4.78 is 110. The maximum absolute atomic E-state index is 9.80. The minimum Gasteiger partial charge on any atom is -0.308 e. The fourth-order valence-electron chi connectivity index (χ4n) is 7.61. The van der Waals surface area contributed by atoms with Crippen LogP contribution in [0, 0.1) is 0 Å². The summed E-state index contributed by atoms with van der Waals surface area (Å²) in [6.07, 6.45) is 0. The molecule has 2 heterocycles. The topological polar surface area (TPSA) is 43.6 Å². The highest BCUT2D eigenvalue weighted by atomic mass is 15.1. The van der Waals surface area contributed by atoms with Crippen LogP contribution in [-0.2, 0) is 0 Å². The molecule has 0 aliphatic rings. The van der Waals surface area contributed by atoms with Gasteiger partial charge in [-0.3, -0.25) is 0 Å². The Bertz CT molecular complexity index is 3930. The van der Waals surface area contributed by atoms with E-state index in [9.17, 15) is 6.85 Å². The van der Waals surface area contributed by atoms with Crippen molar-refractivity contribution in [3.05, 3.63) is 230 Å². The van der Waals surface area contributed by atoms with E-state index in [0.717, 1.165) is 27.8 Å². The van der Waals surface area contributed by atoms with Crippen molar-refractivity contribution in [3.8, 4) is 84.4 Å². The summed E-state index contributed by atoms with van der Waals surface area (Å²) in [5, 5.41) is -0.355. The van der Waals surface area contributed by atoms with Gasteiger partial charge in [0.2, 0.25) is 0 Å². The van der Waals surface area contributed by atoms with Crippen LogP contribution in [0.15, 0.2) is 230 Å². The van der Waals surface area contributed by atoms with Crippen molar-refractivity contribution in [2.45, 2.75) is 0 Å². The van der Waals surface area contributed by atoms with Crippen molar-refractivity contribution in [1.82, 2.24) is 19.5 Å². The van der Waals surface area contributed by atoms with Crippen molar-refractivity contribution in [1.29, 1.82) is 0 Å². The average Bonchev–Trinajstić information content (AvgIpc) is 3.80. The Balaban J connectivity index is 1.21. The van der Waals surface area contributed by atoms with Crippen LogP contribution in [-0.4, -0.2) is 19.5 Å². The summed E-state index contributed by atoms with van der Waals surface area (Å²) in [5.74, 6) is 0.837. The predicted octanol–water partition coefficient (Wildman–Crippen LogP) is 14.6. The van der Waals surface area contributed by atoms with Gasteiger partial charge in [0.25, 0.3) is 0 Å². The molecule has 0 aliphatic carbocycles. The monoisotopic (exact) mass is 790 g/mol. The minimum absolute atomic E-state index is 0.131. The maximum atomic E-state index is 9.80. The number of hydrogen-bond donors (Lipinski definition) is 0. The molecule has 0 radical (unpaired) electrons. The smallest absolute Gasteiger partial charge is 0.166 e. The molecule has 0 bridgehead atoms. The highest BCUT2D eigenvalue weighted by Crippen LogP contribution is 2.40. The van der Waals surface area contributed by atoms with E-state index in [1.54, 1.807) is 12.1 Å². The Labute approximate surface area is 371 Å². The largest absolute Gasteiger partial charge is 0.308 e. The molecule has 11 aromatic rings. The highest BCUT2D eigenvalue weighted by Gasteiger charge is 2.21. The van der Waals surface area contributed by atoms with Gasteiger partial charge in [-0.05, 0) is 74.8 Å². The summed E-state index contributed by atoms with van der Waals surface area (Å²) >= 11 is 0. The molecule has 0 spiro atoms. The van der Waals surface area contributed by atoms with Gasteiger partial charge in [0, 0.05) is 27.5 Å². The summed E-state index contributed by atoms with van der Waals surface area (Å²) in [5.41, 5.74) is 6.31. The zero-order valence-corrected chi connectivity index (χ0v) is 32.3. The molecule has 0 saturated carbocycles. The summed E-state index contributed by atoms with van der Waals surface area (Å²) in [7, 11) is 0. The van der Waals surface area contributed by atoms with E-state index in [1.807, 2.05) is 109 Å². The molecular formula is C57H38N4. The summed E-state index contributed by atoms with van der Waals surface area (Å²) in [6, 6.07) is 43.0. The maximum Gasteiger partial charge on any atom is 0.166 e. The van der Waals surface area contributed by atoms with Gasteiger partial charge in [0.15, 0.2) is 17.5 Å². The first-order valence-corrected chi connectivity index (χ1v) is 19.6. The molecule has 4 heteroatoms. The van der Waals surface area contributed by atoms with Gasteiger partial charge < -0.3 is 4.57 Å². The van der Waals surface area contributed by atoms with Crippen molar-refractivity contribution >= 4 is 21.8 Å². The zero-order chi connectivity index (χ0) is 51.0. The third-order valence-corrected chi connectivity index (χ3v) is 10.6. The highest BCUT2D eigenvalue weighted by molar-refractivity contribution is 6.11. The van der Waals surface area contributed by atoms with E-state index >= 15 is 0 Å². The van der Waals surface area contributed by atoms with E-state index in [4.69, 9.17) is 24.5 Å². The van der Waals surface area contributed by atoms with Crippen molar-refractivity contribution in [2.24, 2.45) is 0 Å². The average molecular weight is 791 g/mol. The Kier molecular flexibility index (Phi) is 6.44. The molecule has 0 atom stereocenters. The molecule has 0 amide bonds. The lowest BCUT2D eigenvalue weighted by Crippen LogP contribution is -2.04. The van der Waals surface area contributed by atoms with Gasteiger partial charge in [-0.25, -0.2) is 15.0 Å². The van der Waals surface area contributed by atoms with E-state index in [-0.39, 0.29) is 33.3 Å². The first kappa shape index (κ1) is 25.3. The van der Waals surface area contributed by atoms with Gasteiger partial charge in [-0.15, -0.1) is 0 Å². The molecule has 0 unspecified atom stereocenters. The van der Waals surface area contributed by atoms with E-state index < -0.39 is 83.6 Å². The molecule has 11 rings (SSSR count). The summed E-state index contributed by atoms with van der Waals surface area (Å²) in [4.78, 5) is 14.9. The van der Waals surface area contributed by atoms with Gasteiger partial charge in [0.1, 0.15) is 0 Å². The lowest BCUT2D eigenvalue weighted by molar-refractivity contribution is 1.06. The number of para-hydroxylation sites is 1. The van der Waals surface area contributed by atoms with E-state index in [0.29, 0.717) is 33.9 Å². The molecule has 0 saturated heterocycles. The summed E-state index contributed by atoms with van der Waals surface area (Å²) in [6.45, 7) is 0. The second-order valence-corrected chi connectivity index (χ2v) is 14.3. The Morgan fingerprint density at radius 1 is 0.328 bits per heavy atom. The molecule has 9 aromatic carbocycles. The molecule has 0 N–H and O–H groups in total. The third kappa shape index (κ3) is 6.86. The molecular weight excluding hydrogens is 741 g/mol. The number of fused-ring (bicyclic) bond motifs is 3. The van der Waals surface area contributed by atoms with Crippen LogP contribution in [0.1, 0.15) is 16.4 Å². The van der Waals surface area contributed by atoms with Gasteiger partial charge in [-0.2, -0.15) is 0 Å². The van der Waals surface area contributed by atoms with E-state index in [2.05, 4.69) is 36.4 Å². The van der Waals surface area contributed by atoms with Gasteiger partial charge in [-0.1, -0.05) is 200 Å².